The van der Waals surface area contributed by atoms with Gasteiger partial charge in [-0.2, -0.15) is 0 Å². The third-order valence-electron chi connectivity index (χ3n) is 3.65. The summed E-state index contributed by atoms with van der Waals surface area (Å²) in [7, 11) is 0. The molecule has 0 aliphatic carbocycles. The highest BCUT2D eigenvalue weighted by atomic mass is 19.1. The Hall–Kier alpha value is -1.58. The highest BCUT2D eigenvalue weighted by Gasteiger charge is 2.33. The monoisotopic (exact) mass is 279 g/mol. The first-order valence-electron chi connectivity index (χ1n) is 7.36. The molecule has 1 aromatic carbocycles. The van der Waals surface area contributed by atoms with Crippen LogP contribution in [0.15, 0.2) is 18.2 Å². The molecule has 3 nitrogen and oxygen atoms in total. The van der Waals surface area contributed by atoms with Gasteiger partial charge in [0.25, 0.3) is 0 Å². The number of amides is 1. The van der Waals surface area contributed by atoms with Crippen LogP contribution in [0.2, 0.25) is 0 Å². The Morgan fingerprint density at radius 2 is 2.15 bits per heavy atom. The van der Waals surface area contributed by atoms with E-state index in [1.54, 1.807) is 12.1 Å². The van der Waals surface area contributed by atoms with Crippen LogP contribution in [0.25, 0.3) is 0 Å². The highest BCUT2D eigenvalue weighted by Crippen LogP contribution is 2.27. The molecule has 1 heterocycles. The molecule has 1 atom stereocenters. The van der Waals surface area contributed by atoms with Crippen molar-refractivity contribution in [3.05, 3.63) is 29.6 Å². The molecule has 1 fully saturated rings. The van der Waals surface area contributed by atoms with E-state index in [1.807, 2.05) is 6.92 Å². The van der Waals surface area contributed by atoms with E-state index in [0.29, 0.717) is 12.2 Å². The van der Waals surface area contributed by atoms with Crippen LogP contribution < -0.4 is 4.90 Å². The van der Waals surface area contributed by atoms with Crippen molar-refractivity contribution >= 4 is 11.8 Å². The van der Waals surface area contributed by atoms with Gasteiger partial charge in [0.2, 0.25) is 0 Å². The van der Waals surface area contributed by atoms with Crippen LogP contribution in [0.5, 0.6) is 0 Å². The summed E-state index contributed by atoms with van der Waals surface area (Å²) in [6.45, 7) is 4.50. The molecular formula is C16H22FNO2. The zero-order chi connectivity index (χ0) is 14.5. The Morgan fingerprint density at radius 1 is 1.35 bits per heavy atom. The fourth-order valence-electron chi connectivity index (χ4n) is 2.50. The van der Waals surface area contributed by atoms with E-state index in [-0.39, 0.29) is 11.9 Å². The Kier molecular flexibility index (Phi) is 4.99. The Labute approximate surface area is 119 Å². The number of anilines is 1. The van der Waals surface area contributed by atoms with Gasteiger partial charge in [-0.3, -0.25) is 4.90 Å². The highest BCUT2D eigenvalue weighted by molar-refractivity contribution is 5.90. The fourth-order valence-corrected chi connectivity index (χ4v) is 2.50. The third kappa shape index (κ3) is 3.50. The average Bonchev–Trinajstić information content (AvgIpc) is 2.79. The summed E-state index contributed by atoms with van der Waals surface area (Å²) in [5.41, 5.74) is 1.26. The predicted molar refractivity (Wildman–Crippen MR) is 77.5 cm³/mol. The standard InChI is InChI=1S/C16H22FNO2/c1-3-4-5-6-7-13-11-18(16(19)20-13)15-10-12(2)8-9-14(15)17/h8-10,13H,3-7,11H2,1-2H3. The first kappa shape index (κ1) is 14.8. The third-order valence-corrected chi connectivity index (χ3v) is 3.65. The van der Waals surface area contributed by atoms with E-state index >= 15 is 0 Å². The van der Waals surface area contributed by atoms with Crippen molar-refractivity contribution in [1.82, 2.24) is 0 Å². The fraction of sp³-hybridized carbons (Fsp3) is 0.562. The van der Waals surface area contributed by atoms with Gasteiger partial charge < -0.3 is 4.74 Å². The van der Waals surface area contributed by atoms with E-state index in [4.69, 9.17) is 4.74 Å². The molecule has 1 unspecified atom stereocenters. The second-order valence-electron chi connectivity index (χ2n) is 5.42. The maximum atomic E-state index is 13.8. The van der Waals surface area contributed by atoms with Crippen LogP contribution in [0.3, 0.4) is 0 Å². The lowest BCUT2D eigenvalue weighted by atomic mass is 10.1. The number of rotatable bonds is 6. The number of aryl methyl sites for hydroxylation is 1. The van der Waals surface area contributed by atoms with Gasteiger partial charge in [0.15, 0.2) is 0 Å². The molecule has 0 radical (unpaired) electrons. The quantitative estimate of drug-likeness (QED) is 0.721. The largest absolute Gasteiger partial charge is 0.444 e. The van der Waals surface area contributed by atoms with Crippen molar-refractivity contribution in [2.24, 2.45) is 0 Å². The minimum Gasteiger partial charge on any atom is -0.444 e. The lowest BCUT2D eigenvalue weighted by molar-refractivity contribution is 0.135. The van der Waals surface area contributed by atoms with Gasteiger partial charge in [-0.15, -0.1) is 0 Å². The summed E-state index contributed by atoms with van der Waals surface area (Å²) in [4.78, 5) is 13.3. The number of carbonyl (C=O) groups excluding carboxylic acids is 1. The summed E-state index contributed by atoms with van der Waals surface area (Å²) >= 11 is 0. The number of cyclic esters (lactones) is 1. The minimum atomic E-state index is -0.435. The van der Waals surface area contributed by atoms with Crippen molar-refractivity contribution in [3.63, 3.8) is 0 Å². The zero-order valence-corrected chi connectivity index (χ0v) is 12.2. The van der Waals surface area contributed by atoms with E-state index in [9.17, 15) is 9.18 Å². The van der Waals surface area contributed by atoms with Gasteiger partial charge in [0.05, 0.1) is 12.2 Å². The van der Waals surface area contributed by atoms with E-state index < -0.39 is 6.09 Å². The van der Waals surface area contributed by atoms with Crippen molar-refractivity contribution < 1.29 is 13.9 Å². The average molecular weight is 279 g/mol. The smallest absolute Gasteiger partial charge is 0.414 e. The maximum absolute atomic E-state index is 13.8. The molecule has 110 valence electrons. The minimum absolute atomic E-state index is 0.112. The van der Waals surface area contributed by atoms with E-state index in [0.717, 1.165) is 24.8 Å². The molecule has 0 bridgehead atoms. The molecule has 20 heavy (non-hydrogen) atoms. The number of halogens is 1. The number of ether oxygens (including phenoxy) is 1. The van der Waals surface area contributed by atoms with Crippen LogP contribution in [0, 0.1) is 12.7 Å². The van der Waals surface area contributed by atoms with Crippen molar-refractivity contribution in [2.45, 2.75) is 52.1 Å². The van der Waals surface area contributed by atoms with Crippen LogP contribution in [-0.2, 0) is 4.74 Å². The molecule has 0 aromatic heterocycles. The first-order valence-corrected chi connectivity index (χ1v) is 7.36. The van der Waals surface area contributed by atoms with Crippen molar-refractivity contribution in [1.29, 1.82) is 0 Å². The molecule has 1 aliphatic rings. The van der Waals surface area contributed by atoms with Crippen LogP contribution in [0.4, 0.5) is 14.9 Å². The number of nitrogens with zero attached hydrogens (tertiary/aromatic N) is 1. The van der Waals surface area contributed by atoms with Gasteiger partial charge in [-0.1, -0.05) is 32.3 Å². The van der Waals surface area contributed by atoms with Crippen LogP contribution in [-0.4, -0.2) is 18.7 Å². The maximum Gasteiger partial charge on any atom is 0.414 e. The molecule has 4 heteroatoms. The zero-order valence-electron chi connectivity index (χ0n) is 12.2. The molecule has 1 saturated heterocycles. The van der Waals surface area contributed by atoms with Gasteiger partial charge in [0.1, 0.15) is 11.9 Å². The summed E-state index contributed by atoms with van der Waals surface area (Å²) in [6, 6.07) is 4.78. The second kappa shape index (κ2) is 6.73. The SMILES string of the molecule is CCCCCCC1CN(c2cc(C)ccc2F)C(=O)O1. The molecule has 0 saturated carbocycles. The van der Waals surface area contributed by atoms with Gasteiger partial charge >= 0.3 is 6.09 Å². The lowest BCUT2D eigenvalue weighted by Crippen LogP contribution is -2.25. The first-order chi connectivity index (χ1) is 9.61. The summed E-state index contributed by atoms with van der Waals surface area (Å²) in [6.07, 6.45) is 4.91. The molecular weight excluding hydrogens is 257 g/mol. The molecule has 2 rings (SSSR count). The van der Waals surface area contributed by atoms with Crippen LogP contribution in [0.1, 0.15) is 44.6 Å². The van der Waals surface area contributed by atoms with Gasteiger partial charge in [-0.05, 0) is 37.5 Å². The number of unbranched alkanes of at least 4 members (excludes halogenated alkanes) is 3. The van der Waals surface area contributed by atoms with E-state index in [2.05, 4.69) is 6.92 Å². The van der Waals surface area contributed by atoms with Gasteiger partial charge in [-0.25, -0.2) is 9.18 Å². The number of carbonyl (C=O) groups is 1. The number of hydrogen-bond acceptors (Lipinski definition) is 2. The summed E-state index contributed by atoms with van der Waals surface area (Å²) in [5, 5.41) is 0. The Morgan fingerprint density at radius 3 is 2.90 bits per heavy atom. The normalized spacial score (nSPS) is 18.4. The van der Waals surface area contributed by atoms with Crippen LogP contribution >= 0.6 is 0 Å². The molecule has 1 amide bonds. The summed E-state index contributed by atoms with van der Waals surface area (Å²) in [5.74, 6) is -0.376. The summed E-state index contributed by atoms with van der Waals surface area (Å²) < 4.78 is 19.1. The van der Waals surface area contributed by atoms with Crippen molar-refractivity contribution in [3.8, 4) is 0 Å². The predicted octanol–water partition coefficient (Wildman–Crippen LogP) is 4.43. The molecule has 1 aromatic rings. The van der Waals surface area contributed by atoms with Gasteiger partial charge in [0, 0.05) is 0 Å². The topological polar surface area (TPSA) is 29.5 Å². The molecule has 0 N–H and O–H groups in total. The Balaban J connectivity index is 1.97. The molecule has 1 aliphatic heterocycles. The number of hydrogen-bond donors (Lipinski definition) is 0. The lowest BCUT2D eigenvalue weighted by Gasteiger charge is -2.14. The molecule has 0 spiro atoms. The number of benzene rings is 1. The van der Waals surface area contributed by atoms with Crippen molar-refractivity contribution in [2.75, 3.05) is 11.4 Å². The Bertz CT molecular complexity index is 476. The van der Waals surface area contributed by atoms with E-state index in [1.165, 1.54) is 23.8 Å². The second-order valence-corrected chi connectivity index (χ2v) is 5.42.